The minimum absolute atomic E-state index is 0.0886. The van der Waals surface area contributed by atoms with E-state index < -0.39 is 5.91 Å². The van der Waals surface area contributed by atoms with Crippen molar-refractivity contribution in [3.8, 4) is 11.8 Å². The molecule has 0 bridgehead atoms. The summed E-state index contributed by atoms with van der Waals surface area (Å²) >= 11 is 5.29. The van der Waals surface area contributed by atoms with E-state index in [1.54, 1.807) is 30.3 Å². The molecular weight excluding hydrogens is 435 g/mol. The molecule has 4 nitrogen and oxygen atoms in total. The lowest BCUT2D eigenvalue weighted by Crippen LogP contribution is -2.13. The molecule has 100 valence electrons. The average molecular weight is 443 g/mol. The third-order valence-electron chi connectivity index (χ3n) is 2.55. The molecule has 0 fully saturated rings. The van der Waals surface area contributed by atoms with Gasteiger partial charge in [-0.15, -0.1) is 0 Å². The fourth-order valence-corrected chi connectivity index (χ4v) is 2.58. The number of carbonyl (C=O) groups is 1. The smallest absolute Gasteiger partial charge is 0.259 e. The van der Waals surface area contributed by atoms with E-state index in [1.165, 1.54) is 6.07 Å². The quantitative estimate of drug-likeness (QED) is 0.693. The van der Waals surface area contributed by atoms with Crippen molar-refractivity contribution in [3.05, 3.63) is 55.6 Å². The summed E-state index contributed by atoms with van der Waals surface area (Å²) in [4.78, 5) is 12.1. The van der Waals surface area contributed by atoms with Gasteiger partial charge in [0.05, 0.1) is 22.9 Å². The molecule has 0 radical (unpaired) electrons. The van der Waals surface area contributed by atoms with Gasteiger partial charge >= 0.3 is 0 Å². The van der Waals surface area contributed by atoms with E-state index in [9.17, 15) is 9.90 Å². The number of nitriles is 1. The molecule has 0 spiro atoms. The number of halogens is 2. The maximum Gasteiger partial charge on any atom is 0.259 e. The molecule has 0 heterocycles. The maximum absolute atomic E-state index is 12.1. The van der Waals surface area contributed by atoms with Gasteiger partial charge in [0, 0.05) is 8.04 Å². The molecule has 0 unspecified atom stereocenters. The average Bonchev–Trinajstić information content (AvgIpc) is 2.43. The summed E-state index contributed by atoms with van der Waals surface area (Å²) in [5, 5.41) is 21.2. The molecule has 0 atom stereocenters. The molecule has 2 N–H and O–H groups in total. The molecule has 0 aliphatic heterocycles. The Morgan fingerprint density at radius 2 is 2.05 bits per heavy atom. The van der Waals surface area contributed by atoms with Gasteiger partial charge in [-0.05, 0) is 59.0 Å². The zero-order valence-corrected chi connectivity index (χ0v) is 13.8. The van der Waals surface area contributed by atoms with Crippen molar-refractivity contribution in [1.29, 1.82) is 5.26 Å². The lowest BCUT2D eigenvalue weighted by Gasteiger charge is -2.09. The molecule has 1 amide bonds. The fourth-order valence-electron chi connectivity index (χ4n) is 1.57. The van der Waals surface area contributed by atoms with E-state index in [1.807, 2.05) is 28.7 Å². The number of phenolic OH excluding ortho intramolecular Hbond substituents is 1. The Hall–Kier alpha value is -1.59. The lowest BCUT2D eigenvalue weighted by molar-refractivity contribution is 0.102. The number of nitrogens with one attached hydrogen (secondary N) is 1. The van der Waals surface area contributed by atoms with Crippen molar-refractivity contribution >= 4 is 50.1 Å². The van der Waals surface area contributed by atoms with Gasteiger partial charge in [0.15, 0.2) is 0 Å². The highest BCUT2D eigenvalue weighted by molar-refractivity contribution is 14.1. The Morgan fingerprint density at radius 3 is 2.70 bits per heavy atom. The third-order valence-corrected chi connectivity index (χ3v) is 3.94. The molecule has 2 aromatic carbocycles. The Labute approximate surface area is 137 Å². The first-order valence-corrected chi connectivity index (χ1v) is 7.38. The second-order valence-corrected chi connectivity index (χ2v) is 6.00. The number of phenols is 1. The highest BCUT2D eigenvalue weighted by Gasteiger charge is 2.13. The van der Waals surface area contributed by atoms with Crippen LogP contribution in [0.15, 0.2) is 40.9 Å². The van der Waals surface area contributed by atoms with Gasteiger partial charge < -0.3 is 10.4 Å². The van der Waals surface area contributed by atoms with Crippen LogP contribution in [-0.4, -0.2) is 11.0 Å². The Balaban J connectivity index is 2.28. The van der Waals surface area contributed by atoms with Crippen molar-refractivity contribution < 1.29 is 9.90 Å². The summed E-state index contributed by atoms with van der Waals surface area (Å²) in [6, 6.07) is 11.6. The zero-order chi connectivity index (χ0) is 14.7. The number of amides is 1. The number of aromatic hydroxyl groups is 1. The van der Waals surface area contributed by atoms with Crippen LogP contribution < -0.4 is 5.32 Å². The number of benzene rings is 2. The first-order valence-electron chi connectivity index (χ1n) is 5.51. The van der Waals surface area contributed by atoms with Crippen molar-refractivity contribution in [2.75, 3.05) is 5.32 Å². The van der Waals surface area contributed by atoms with Crippen LogP contribution in [0.2, 0.25) is 0 Å². The van der Waals surface area contributed by atoms with Crippen LogP contribution in [-0.2, 0) is 0 Å². The molecule has 2 aromatic rings. The van der Waals surface area contributed by atoms with E-state index in [0.717, 1.165) is 3.57 Å². The van der Waals surface area contributed by atoms with Crippen molar-refractivity contribution in [1.82, 2.24) is 0 Å². The Kier molecular flexibility index (Phi) is 4.62. The van der Waals surface area contributed by atoms with E-state index >= 15 is 0 Å². The Morgan fingerprint density at radius 1 is 1.30 bits per heavy atom. The molecule has 6 heteroatoms. The predicted molar refractivity (Wildman–Crippen MR) is 87.6 cm³/mol. The normalized spacial score (nSPS) is 9.85. The number of anilines is 1. The van der Waals surface area contributed by atoms with E-state index in [-0.39, 0.29) is 11.3 Å². The fraction of sp³-hybridized carbons (Fsp3) is 0. The van der Waals surface area contributed by atoms with Crippen molar-refractivity contribution in [3.63, 3.8) is 0 Å². The van der Waals surface area contributed by atoms with Crippen LogP contribution in [0.1, 0.15) is 15.9 Å². The second kappa shape index (κ2) is 6.24. The first kappa shape index (κ1) is 14.8. The summed E-state index contributed by atoms with van der Waals surface area (Å²) in [5.74, 6) is -0.499. The predicted octanol–water partition coefficient (Wildman–Crippen LogP) is 3.88. The van der Waals surface area contributed by atoms with Gasteiger partial charge in [0.25, 0.3) is 5.91 Å². The number of rotatable bonds is 2. The summed E-state index contributed by atoms with van der Waals surface area (Å²) in [5.41, 5.74) is 1.30. The van der Waals surface area contributed by atoms with Crippen LogP contribution in [0.3, 0.4) is 0 Å². The molecule has 0 saturated heterocycles. The SMILES string of the molecule is N#Cc1ccc(NC(=O)c2cc(Br)ccc2O)c(I)c1. The van der Waals surface area contributed by atoms with Crippen LogP contribution in [0.5, 0.6) is 5.75 Å². The monoisotopic (exact) mass is 442 g/mol. The number of hydrogen-bond donors (Lipinski definition) is 2. The maximum atomic E-state index is 12.1. The Bertz CT molecular complexity index is 726. The number of nitrogens with zero attached hydrogens (tertiary/aromatic N) is 1. The molecule has 20 heavy (non-hydrogen) atoms. The summed E-state index contributed by atoms with van der Waals surface area (Å²) < 4.78 is 1.46. The van der Waals surface area contributed by atoms with Crippen LogP contribution in [0, 0.1) is 14.9 Å². The van der Waals surface area contributed by atoms with Gasteiger partial charge in [0.1, 0.15) is 5.75 Å². The van der Waals surface area contributed by atoms with Crippen LogP contribution in [0.4, 0.5) is 5.69 Å². The molecule has 0 aliphatic carbocycles. The molecular formula is C14H8BrIN2O2. The van der Waals surface area contributed by atoms with Crippen molar-refractivity contribution in [2.24, 2.45) is 0 Å². The third kappa shape index (κ3) is 3.29. The topological polar surface area (TPSA) is 73.1 Å². The zero-order valence-electron chi connectivity index (χ0n) is 10.0. The van der Waals surface area contributed by atoms with E-state index in [0.29, 0.717) is 15.7 Å². The summed E-state index contributed by atoms with van der Waals surface area (Å²) in [6.45, 7) is 0. The second-order valence-electron chi connectivity index (χ2n) is 3.92. The van der Waals surface area contributed by atoms with Gasteiger partial charge in [-0.25, -0.2) is 0 Å². The molecule has 0 saturated carbocycles. The first-order chi connectivity index (χ1) is 9.51. The van der Waals surface area contributed by atoms with Crippen LogP contribution >= 0.6 is 38.5 Å². The summed E-state index contributed by atoms with van der Waals surface area (Å²) in [6.07, 6.45) is 0. The molecule has 0 aliphatic rings. The van der Waals surface area contributed by atoms with E-state index in [4.69, 9.17) is 5.26 Å². The minimum atomic E-state index is -0.411. The highest BCUT2D eigenvalue weighted by atomic mass is 127. The van der Waals surface area contributed by atoms with E-state index in [2.05, 4.69) is 21.2 Å². The van der Waals surface area contributed by atoms with Gasteiger partial charge in [-0.3, -0.25) is 4.79 Å². The van der Waals surface area contributed by atoms with Crippen LogP contribution in [0.25, 0.3) is 0 Å². The van der Waals surface area contributed by atoms with Gasteiger partial charge in [-0.1, -0.05) is 15.9 Å². The van der Waals surface area contributed by atoms with Crippen molar-refractivity contribution in [2.45, 2.75) is 0 Å². The standard InChI is InChI=1S/C14H8BrIN2O2/c15-9-2-4-13(19)10(6-9)14(20)18-12-3-1-8(7-17)5-11(12)16/h1-6,19H,(H,18,20). The number of hydrogen-bond acceptors (Lipinski definition) is 3. The number of carbonyl (C=O) groups excluding carboxylic acids is 1. The minimum Gasteiger partial charge on any atom is -0.507 e. The molecule has 0 aromatic heterocycles. The lowest BCUT2D eigenvalue weighted by atomic mass is 10.1. The van der Waals surface area contributed by atoms with Gasteiger partial charge in [0.2, 0.25) is 0 Å². The summed E-state index contributed by atoms with van der Waals surface area (Å²) in [7, 11) is 0. The highest BCUT2D eigenvalue weighted by Crippen LogP contribution is 2.25. The van der Waals surface area contributed by atoms with Gasteiger partial charge in [-0.2, -0.15) is 5.26 Å². The largest absolute Gasteiger partial charge is 0.507 e. The molecule has 2 rings (SSSR count).